The fourth-order valence-electron chi connectivity index (χ4n) is 4.05. The summed E-state index contributed by atoms with van der Waals surface area (Å²) in [5, 5.41) is 7.43. The van der Waals surface area contributed by atoms with E-state index in [0.717, 1.165) is 30.1 Å². The monoisotopic (exact) mass is 345 g/mol. The number of nitrogens with zero attached hydrogens (tertiary/aromatic N) is 1. The molecule has 2 bridgehead atoms. The summed E-state index contributed by atoms with van der Waals surface area (Å²) in [5.74, 6) is 0.0424. The maximum Gasteiger partial charge on any atom is 0.251 e. The second-order valence-corrected chi connectivity index (χ2v) is 7.38. The number of benzene rings is 1. The third-order valence-corrected chi connectivity index (χ3v) is 5.54. The summed E-state index contributed by atoms with van der Waals surface area (Å²) < 4.78 is 0. The Morgan fingerprint density at radius 1 is 1.21 bits per heavy atom. The van der Waals surface area contributed by atoms with Gasteiger partial charge in [-0.15, -0.1) is 0 Å². The number of piperidine rings is 2. The van der Waals surface area contributed by atoms with E-state index in [2.05, 4.69) is 22.5 Å². The third kappa shape index (κ3) is 3.72. The molecule has 2 saturated heterocycles. The van der Waals surface area contributed by atoms with Crippen LogP contribution in [0.2, 0.25) is 0 Å². The zero-order valence-electron chi connectivity index (χ0n) is 14.5. The molecule has 1 amide bonds. The van der Waals surface area contributed by atoms with Crippen LogP contribution in [0.3, 0.4) is 0 Å². The van der Waals surface area contributed by atoms with E-state index in [0.29, 0.717) is 12.1 Å². The normalized spacial score (nSPS) is 25.9. The molecule has 0 radical (unpaired) electrons. The molecule has 0 aromatic heterocycles. The Morgan fingerprint density at radius 3 is 2.42 bits per heavy atom. The Morgan fingerprint density at radius 2 is 1.83 bits per heavy atom. The molecule has 2 aliphatic rings. The molecule has 2 fully saturated rings. The lowest BCUT2D eigenvalue weighted by Crippen LogP contribution is -2.60. The van der Waals surface area contributed by atoms with Gasteiger partial charge in [-0.1, -0.05) is 17.7 Å². The van der Waals surface area contributed by atoms with Crippen LogP contribution in [-0.2, 0) is 0 Å². The van der Waals surface area contributed by atoms with Gasteiger partial charge in [0.25, 0.3) is 5.91 Å². The molecule has 2 N–H and O–H groups in total. The highest BCUT2D eigenvalue weighted by Gasteiger charge is 2.39. The van der Waals surface area contributed by atoms with Gasteiger partial charge in [0.2, 0.25) is 0 Å². The van der Waals surface area contributed by atoms with Crippen molar-refractivity contribution in [1.82, 2.24) is 15.5 Å². The Kier molecular flexibility index (Phi) is 5.39. The molecular weight excluding hydrogens is 318 g/mol. The lowest BCUT2D eigenvalue weighted by atomic mass is 9.82. The summed E-state index contributed by atoms with van der Waals surface area (Å²) in [6.07, 6.45) is 5.57. The first-order valence-corrected chi connectivity index (χ1v) is 9.43. The second-order valence-electron chi connectivity index (χ2n) is 6.99. The third-order valence-electron chi connectivity index (χ3n) is 5.19. The molecular formula is C19H27N3OS. The number of rotatable bonds is 3. The molecule has 0 saturated carbocycles. The number of aryl methyl sites for hydroxylation is 1. The van der Waals surface area contributed by atoms with Gasteiger partial charge in [-0.25, -0.2) is 0 Å². The molecule has 130 valence electrons. The highest BCUT2D eigenvalue weighted by atomic mass is 32.1. The van der Waals surface area contributed by atoms with Crippen LogP contribution in [0.25, 0.3) is 0 Å². The van der Waals surface area contributed by atoms with Crippen LogP contribution in [0.4, 0.5) is 0 Å². The minimum Gasteiger partial charge on any atom is -0.363 e. The predicted molar refractivity (Wildman–Crippen MR) is 101 cm³/mol. The van der Waals surface area contributed by atoms with Gasteiger partial charge in [-0.2, -0.15) is 0 Å². The van der Waals surface area contributed by atoms with E-state index in [1.807, 2.05) is 31.2 Å². The molecule has 3 atom stereocenters. The van der Waals surface area contributed by atoms with Crippen molar-refractivity contribution in [2.24, 2.45) is 0 Å². The van der Waals surface area contributed by atoms with Gasteiger partial charge in [0.1, 0.15) is 0 Å². The lowest BCUT2D eigenvalue weighted by molar-refractivity contribution is 0.0741. The molecule has 1 aromatic carbocycles. The fraction of sp³-hybridized carbons (Fsp3) is 0.579. The molecule has 4 nitrogen and oxygen atoms in total. The molecule has 5 heteroatoms. The summed E-state index contributed by atoms with van der Waals surface area (Å²) >= 11 is 5.57. The number of carbonyl (C=O) groups is 1. The maximum atomic E-state index is 12.5. The zero-order valence-corrected chi connectivity index (χ0v) is 15.4. The summed E-state index contributed by atoms with van der Waals surface area (Å²) in [6, 6.07) is 8.93. The van der Waals surface area contributed by atoms with Gasteiger partial charge >= 0.3 is 0 Å². The highest BCUT2D eigenvalue weighted by molar-refractivity contribution is 7.80. The van der Waals surface area contributed by atoms with Crippen molar-refractivity contribution in [1.29, 1.82) is 0 Å². The number of hydrogen-bond donors (Lipinski definition) is 2. The molecule has 1 unspecified atom stereocenters. The summed E-state index contributed by atoms with van der Waals surface area (Å²) in [5.41, 5.74) is 1.92. The van der Waals surface area contributed by atoms with Crippen LogP contribution in [0.5, 0.6) is 0 Å². The summed E-state index contributed by atoms with van der Waals surface area (Å²) in [7, 11) is 0. The Hall–Kier alpha value is -1.62. The average molecular weight is 346 g/mol. The smallest absolute Gasteiger partial charge is 0.251 e. The van der Waals surface area contributed by atoms with Crippen LogP contribution in [0.1, 0.15) is 54.9 Å². The molecule has 0 aliphatic carbocycles. The Bertz CT molecular complexity index is 587. The van der Waals surface area contributed by atoms with Crippen molar-refractivity contribution in [3.05, 3.63) is 35.4 Å². The van der Waals surface area contributed by atoms with Crippen molar-refractivity contribution < 1.29 is 4.79 Å². The number of thiocarbonyl (C=S) groups is 1. The SMILES string of the molecule is CCNC(=S)N1[C@@H]2CCC[C@H]1CC(NC(=O)c1ccc(C)cc1)C2. The Labute approximate surface area is 150 Å². The number of amides is 1. The number of nitrogens with one attached hydrogen (secondary N) is 2. The zero-order chi connectivity index (χ0) is 17.1. The van der Waals surface area contributed by atoms with Crippen LogP contribution in [0, 0.1) is 6.92 Å². The minimum atomic E-state index is 0.0424. The van der Waals surface area contributed by atoms with Gasteiger partial charge in [-0.3, -0.25) is 4.79 Å². The topological polar surface area (TPSA) is 44.4 Å². The van der Waals surface area contributed by atoms with Crippen LogP contribution < -0.4 is 10.6 Å². The first-order chi connectivity index (χ1) is 11.6. The molecule has 3 rings (SSSR count). The van der Waals surface area contributed by atoms with E-state index in [1.165, 1.54) is 24.8 Å². The van der Waals surface area contributed by atoms with Crippen LogP contribution >= 0.6 is 12.2 Å². The van der Waals surface area contributed by atoms with Gasteiger partial charge in [0.15, 0.2) is 5.11 Å². The van der Waals surface area contributed by atoms with E-state index < -0.39 is 0 Å². The van der Waals surface area contributed by atoms with E-state index in [-0.39, 0.29) is 11.9 Å². The minimum absolute atomic E-state index is 0.0424. The molecule has 2 heterocycles. The van der Waals surface area contributed by atoms with Crippen LogP contribution in [0.15, 0.2) is 24.3 Å². The predicted octanol–water partition coefficient (Wildman–Crippen LogP) is 3.00. The van der Waals surface area contributed by atoms with Gasteiger partial charge < -0.3 is 15.5 Å². The largest absolute Gasteiger partial charge is 0.363 e. The lowest BCUT2D eigenvalue weighted by Gasteiger charge is -2.50. The quantitative estimate of drug-likeness (QED) is 0.827. The van der Waals surface area contributed by atoms with Crippen molar-refractivity contribution in [2.45, 2.75) is 64.1 Å². The van der Waals surface area contributed by atoms with E-state index in [9.17, 15) is 4.79 Å². The molecule has 1 aromatic rings. The van der Waals surface area contributed by atoms with Crippen molar-refractivity contribution in [2.75, 3.05) is 6.54 Å². The first kappa shape index (κ1) is 17.2. The Balaban J connectivity index is 1.64. The molecule has 24 heavy (non-hydrogen) atoms. The van der Waals surface area contributed by atoms with E-state index in [4.69, 9.17) is 12.2 Å². The second kappa shape index (κ2) is 7.51. The average Bonchev–Trinajstić information content (AvgIpc) is 2.54. The fourth-order valence-corrected chi connectivity index (χ4v) is 4.49. The number of carbonyl (C=O) groups excluding carboxylic acids is 1. The first-order valence-electron chi connectivity index (χ1n) is 9.02. The highest BCUT2D eigenvalue weighted by Crippen LogP contribution is 2.34. The van der Waals surface area contributed by atoms with Crippen LogP contribution in [-0.4, -0.2) is 40.6 Å². The maximum absolute atomic E-state index is 12.5. The van der Waals surface area contributed by atoms with Crippen molar-refractivity contribution >= 4 is 23.2 Å². The van der Waals surface area contributed by atoms with E-state index >= 15 is 0 Å². The van der Waals surface area contributed by atoms with Gasteiger partial charge in [0.05, 0.1) is 0 Å². The molecule has 2 aliphatic heterocycles. The van der Waals surface area contributed by atoms with Crippen molar-refractivity contribution in [3.63, 3.8) is 0 Å². The summed E-state index contributed by atoms with van der Waals surface area (Å²) in [6.45, 7) is 4.98. The van der Waals surface area contributed by atoms with Crippen molar-refractivity contribution in [3.8, 4) is 0 Å². The van der Waals surface area contributed by atoms with Gasteiger partial charge in [0, 0.05) is 30.2 Å². The summed E-state index contributed by atoms with van der Waals surface area (Å²) in [4.78, 5) is 14.9. The van der Waals surface area contributed by atoms with E-state index in [1.54, 1.807) is 0 Å². The number of fused-ring (bicyclic) bond motifs is 2. The standard InChI is InChI=1S/C19H27N3OS/c1-3-20-19(24)22-16-5-4-6-17(22)12-15(11-16)21-18(23)14-9-7-13(2)8-10-14/h7-10,15-17H,3-6,11-12H2,1-2H3,(H,20,24)(H,21,23)/t15?,16-,17+. The van der Waals surface area contributed by atoms with Gasteiger partial charge in [-0.05, 0) is 70.3 Å². The molecule has 0 spiro atoms. The number of hydrogen-bond acceptors (Lipinski definition) is 2.